The van der Waals surface area contributed by atoms with Gasteiger partial charge in [-0.2, -0.15) is 8.78 Å². The van der Waals surface area contributed by atoms with E-state index >= 15 is 0 Å². The number of rotatable bonds is 3. The van der Waals surface area contributed by atoms with Crippen LogP contribution in [0.4, 0.5) is 22.0 Å². The Morgan fingerprint density at radius 3 is 1.92 bits per heavy atom. The number of carbonyl (C=O) groups excluding carboxylic acids is 1. The van der Waals surface area contributed by atoms with Gasteiger partial charge in [-0.1, -0.05) is 12.1 Å². The summed E-state index contributed by atoms with van der Waals surface area (Å²) in [5, 5.41) is 1.29. The van der Waals surface area contributed by atoms with Crippen molar-refractivity contribution in [3.8, 4) is 11.5 Å². The van der Waals surface area contributed by atoms with Crippen LogP contribution in [0, 0.1) is 29.1 Å². The first kappa shape index (κ1) is 17.7. The number of hydrogen-bond donors (Lipinski definition) is 0. The van der Waals surface area contributed by atoms with Crippen LogP contribution < -0.4 is 9.47 Å². The zero-order chi connectivity index (χ0) is 19.0. The minimum atomic E-state index is -2.33. The zero-order valence-corrected chi connectivity index (χ0v) is 13.1. The molecule has 26 heavy (non-hydrogen) atoms. The highest BCUT2D eigenvalue weighted by atomic mass is 19.2. The van der Waals surface area contributed by atoms with E-state index in [0.717, 1.165) is 0 Å². The van der Waals surface area contributed by atoms with Crippen molar-refractivity contribution in [2.24, 2.45) is 0 Å². The van der Waals surface area contributed by atoms with Gasteiger partial charge in [-0.25, -0.2) is 18.0 Å². The second kappa shape index (κ2) is 6.62. The van der Waals surface area contributed by atoms with E-state index in [1.807, 2.05) is 0 Å². The maximum Gasteiger partial charge on any atom is 0.343 e. The minimum Gasteiger partial charge on any atom is -0.497 e. The van der Waals surface area contributed by atoms with Gasteiger partial charge in [0, 0.05) is 0 Å². The molecule has 0 amide bonds. The second-order valence-corrected chi connectivity index (χ2v) is 5.22. The van der Waals surface area contributed by atoms with Crippen LogP contribution in [0.15, 0.2) is 36.4 Å². The second-order valence-electron chi connectivity index (χ2n) is 5.22. The monoisotopic (exact) mass is 368 g/mol. The summed E-state index contributed by atoms with van der Waals surface area (Å²) in [5.74, 6) is -13.5. The number of esters is 1. The maximum atomic E-state index is 13.6. The molecule has 0 aromatic heterocycles. The van der Waals surface area contributed by atoms with Crippen LogP contribution in [0.5, 0.6) is 11.5 Å². The van der Waals surface area contributed by atoms with E-state index in [0.29, 0.717) is 16.5 Å². The number of hydrogen-bond acceptors (Lipinski definition) is 3. The van der Waals surface area contributed by atoms with Crippen LogP contribution in [0.25, 0.3) is 10.8 Å². The molecule has 0 aliphatic rings. The predicted octanol–water partition coefficient (Wildman–Crippen LogP) is 4.76. The van der Waals surface area contributed by atoms with Crippen LogP contribution in [0.2, 0.25) is 0 Å². The lowest BCUT2D eigenvalue weighted by atomic mass is 10.1. The molecule has 3 nitrogen and oxygen atoms in total. The van der Waals surface area contributed by atoms with Gasteiger partial charge in [-0.3, -0.25) is 0 Å². The summed E-state index contributed by atoms with van der Waals surface area (Å²) < 4.78 is 76.0. The molecule has 0 aliphatic heterocycles. The lowest BCUT2D eigenvalue weighted by molar-refractivity contribution is 0.0716. The van der Waals surface area contributed by atoms with Crippen molar-refractivity contribution >= 4 is 16.7 Å². The Kier molecular flexibility index (Phi) is 4.50. The first-order valence-corrected chi connectivity index (χ1v) is 7.15. The van der Waals surface area contributed by atoms with E-state index in [1.54, 1.807) is 18.2 Å². The fourth-order valence-corrected chi connectivity index (χ4v) is 2.30. The predicted molar refractivity (Wildman–Crippen MR) is 81.7 cm³/mol. The van der Waals surface area contributed by atoms with E-state index in [2.05, 4.69) is 4.74 Å². The Labute approximate surface area is 143 Å². The summed E-state index contributed by atoms with van der Waals surface area (Å²) in [5.41, 5.74) is -0.133. The van der Waals surface area contributed by atoms with Gasteiger partial charge in [0.2, 0.25) is 34.8 Å². The standard InChI is InChI=1S/C18H9F5O3/c1-25-11-5-4-8-6-10(3-2-9(8)7-11)18(24)26-17-15(22)13(20)12(19)14(21)16(17)23/h2-7H,1H3. The summed E-state index contributed by atoms with van der Waals surface area (Å²) in [6.07, 6.45) is 0. The topological polar surface area (TPSA) is 35.5 Å². The molecule has 0 heterocycles. The van der Waals surface area contributed by atoms with Crippen molar-refractivity contribution < 1.29 is 36.2 Å². The summed E-state index contributed by atoms with van der Waals surface area (Å²) in [7, 11) is 1.48. The van der Waals surface area contributed by atoms with Gasteiger partial charge in [0.1, 0.15) is 5.75 Å². The van der Waals surface area contributed by atoms with Crippen LogP contribution in [0.1, 0.15) is 10.4 Å². The number of methoxy groups -OCH3 is 1. The molecule has 0 N–H and O–H groups in total. The van der Waals surface area contributed by atoms with E-state index < -0.39 is 40.8 Å². The summed E-state index contributed by atoms with van der Waals surface area (Å²) >= 11 is 0. The van der Waals surface area contributed by atoms with Crippen LogP contribution in [0.3, 0.4) is 0 Å². The zero-order valence-electron chi connectivity index (χ0n) is 13.1. The molecule has 0 aliphatic carbocycles. The normalized spacial score (nSPS) is 10.8. The van der Waals surface area contributed by atoms with Gasteiger partial charge in [-0.15, -0.1) is 0 Å². The van der Waals surface area contributed by atoms with Gasteiger partial charge in [0.25, 0.3) is 0 Å². The minimum absolute atomic E-state index is 0.133. The van der Waals surface area contributed by atoms with Crippen LogP contribution in [-0.2, 0) is 0 Å². The third-order valence-corrected chi connectivity index (χ3v) is 3.65. The molecule has 0 spiro atoms. The molecule has 3 aromatic carbocycles. The largest absolute Gasteiger partial charge is 0.497 e. The molecule has 0 saturated heterocycles. The van der Waals surface area contributed by atoms with Crippen molar-refractivity contribution in [2.75, 3.05) is 7.11 Å². The lowest BCUT2D eigenvalue weighted by Gasteiger charge is -2.09. The molecule has 3 aromatic rings. The fourth-order valence-electron chi connectivity index (χ4n) is 2.30. The molecule has 0 saturated carbocycles. The van der Waals surface area contributed by atoms with Crippen molar-refractivity contribution in [1.82, 2.24) is 0 Å². The Morgan fingerprint density at radius 2 is 1.31 bits per heavy atom. The molecule has 0 fully saturated rings. The van der Waals surface area contributed by atoms with Crippen molar-refractivity contribution in [1.29, 1.82) is 0 Å². The number of carbonyl (C=O) groups is 1. The third-order valence-electron chi connectivity index (χ3n) is 3.65. The van der Waals surface area contributed by atoms with Gasteiger partial charge >= 0.3 is 5.97 Å². The van der Waals surface area contributed by atoms with E-state index in [-0.39, 0.29) is 5.56 Å². The highest BCUT2D eigenvalue weighted by molar-refractivity contribution is 5.96. The average Bonchev–Trinajstić information content (AvgIpc) is 2.67. The molecule has 0 radical (unpaired) electrons. The van der Waals surface area contributed by atoms with E-state index in [1.165, 1.54) is 25.3 Å². The smallest absolute Gasteiger partial charge is 0.343 e. The first-order chi connectivity index (χ1) is 12.3. The Morgan fingerprint density at radius 1 is 0.769 bits per heavy atom. The highest BCUT2D eigenvalue weighted by Gasteiger charge is 2.28. The number of benzene rings is 3. The Bertz CT molecular complexity index is 1000. The number of fused-ring (bicyclic) bond motifs is 1. The summed E-state index contributed by atoms with van der Waals surface area (Å²) in [6.45, 7) is 0. The van der Waals surface area contributed by atoms with E-state index in [4.69, 9.17) is 4.74 Å². The fraction of sp³-hybridized carbons (Fsp3) is 0.0556. The molecular formula is C18H9F5O3. The molecule has 3 rings (SSSR count). The van der Waals surface area contributed by atoms with Crippen molar-refractivity contribution in [3.63, 3.8) is 0 Å². The van der Waals surface area contributed by atoms with Gasteiger partial charge < -0.3 is 9.47 Å². The number of halogens is 5. The lowest BCUT2D eigenvalue weighted by Crippen LogP contribution is -2.13. The molecule has 0 unspecified atom stereocenters. The van der Waals surface area contributed by atoms with Gasteiger partial charge in [-0.05, 0) is 35.0 Å². The quantitative estimate of drug-likeness (QED) is 0.220. The molecule has 0 bridgehead atoms. The molecule has 8 heteroatoms. The maximum absolute atomic E-state index is 13.6. The third kappa shape index (κ3) is 2.94. The van der Waals surface area contributed by atoms with Crippen LogP contribution in [-0.4, -0.2) is 13.1 Å². The van der Waals surface area contributed by atoms with E-state index in [9.17, 15) is 26.7 Å². The first-order valence-electron chi connectivity index (χ1n) is 7.15. The summed E-state index contributed by atoms with van der Waals surface area (Å²) in [6, 6.07) is 9.10. The molecular weight excluding hydrogens is 359 g/mol. The SMILES string of the molecule is COc1ccc2cc(C(=O)Oc3c(F)c(F)c(F)c(F)c3F)ccc2c1. The van der Waals surface area contributed by atoms with Crippen molar-refractivity contribution in [2.45, 2.75) is 0 Å². The number of ether oxygens (including phenoxy) is 2. The summed E-state index contributed by atoms with van der Waals surface area (Å²) in [4.78, 5) is 12.1. The van der Waals surface area contributed by atoms with Gasteiger partial charge in [0.05, 0.1) is 12.7 Å². The highest BCUT2D eigenvalue weighted by Crippen LogP contribution is 2.30. The molecule has 134 valence electrons. The Hall–Kier alpha value is -3.16. The van der Waals surface area contributed by atoms with Crippen molar-refractivity contribution in [3.05, 3.63) is 71.0 Å². The molecule has 0 atom stereocenters. The van der Waals surface area contributed by atoms with Gasteiger partial charge in [0.15, 0.2) is 0 Å². The average molecular weight is 368 g/mol. The Balaban J connectivity index is 1.97. The van der Waals surface area contributed by atoms with Crippen LogP contribution >= 0.6 is 0 Å².